The average Bonchev–Trinajstić information content (AvgIpc) is 3.10. The van der Waals surface area contributed by atoms with Crippen LogP contribution in [0.5, 0.6) is 5.75 Å². The number of halogens is 1. The van der Waals surface area contributed by atoms with Gasteiger partial charge in [0.15, 0.2) is 11.6 Å². The maximum atomic E-state index is 13.7. The Morgan fingerprint density at radius 3 is 3.04 bits per heavy atom. The highest BCUT2D eigenvalue weighted by molar-refractivity contribution is 5.79. The van der Waals surface area contributed by atoms with Crippen molar-refractivity contribution >= 4 is 5.91 Å². The van der Waals surface area contributed by atoms with Gasteiger partial charge in [0.25, 0.3) is 0 Å². The summed E-state index contributed by atoms with van der Waals surface area (Å²) in [6.45, 7) is 1.43. The zero-order valence-corrected chi connectivity index (χ0v) is 13.1. The van der Waals surface area contributed by atoms with Gasteiger partial charge >= 0.3 is 0 Å². The van der Waals surface area contributed by atoms with Crippen LogP contribution in [0.15, 0.2) is 36.9 Å². The molecule has 0 radical (unpaired) electrons. The largest absolute Gasteiger partial charge is 0.494 e. The van der Waals surface area contributed by atoms with Crippen molar-refractivity contribution in [1.82, 2.24) is 14.5 Å². The van der Waals surface area contributed by atoms with Gasteiger partial charge in [0.05, 0.1) is 25.9 Å². The van der Waals surface area contributed by atoms with Crippen molar-refractivity contribution in [2.24, 2.45) is 0 Å². The summed E-state index contributed by atoms with van der Waals surface area (Å²) in [6.07, 6.45) is 7.68. The summed E-state index contributed by atoms with van der Waals surface area (Å²) in [4.78, 5) is 18.4. The van der Waals surface area contributed by atoms with Gasteiger partial charge in [0, 0.05) is 25.5 Å². The first-order valence-corrected chi connectivity index (χ1v) is 7.75. The molecule has 1 aromatic heterocycles. The van der Waals surface area contributed by atoms with Crippen molar-refractivity contribution in [1.29, 1.82) is 0 Å². The Bertz CT molecular complexity index is 672. The molecule has 23 heavy (non-hydrogen) atoms. The van der Waals surface area contributed by atoms with Crippen molar-refractivity contribution in [3.05, 3.63) is 48.3 Å². The van der Waals surface area contributed by atoms with Crippen LogP contribution in [-0.2, 0) is 11.2 Å². The van der Waals surface area contributed by atoms with Crippen LogP contribution in [0.3, 0.4) is 0 Å². The van der Waals surface area contributed by atoms with E-state index in [9.17, 15) is 9.18 Å². The van der Waals surface area contributed by atoms with E-state index in [0.717, 1.165) is 19.4 Å². The number of carbonyl (C=O) groups is 1. The number of carbonyl (C=O) groups excluding carboxylic acids is 1. The summed E-state index contributed by atoms with van der Waals surface area (Å²) >= 11 is 0. The molecule has 1 atom stereocenters. The monoisotopic (exact) mass is 317 g/mol. The molecular formula is C17H20FN3O2. The Hall–Kier alpha value is -2.37. The normalized spacial score (nSPS) is 18.0. The zero-order chi connectivity index (χ0) is 16.2. The molecule has 6 heteroatoms. The van der Waals surface area contributed by atoms with E-state index in [1.54, 1.807) is 24.7 Å². The van der Waals surface area contributed by atoms with E-state index in [1.807, 2.05) is 15.7 Å². The quantitative estimate of drug-likeness (QED) is 0.870. The van der Waals surface area contributed by atoms with Gasteiger partial charge in [-0.1, -0.05) is 6.07 Å². The van der Waals surface area contributed by atoms with Crippen LogP contribution in [0.2, 0.25) is 0 Å². The van der Waals surface area contributed by atoms with E-state index >= 15 is 0 Å². The van der Waals surface area contributed by atoms with E-state index in [0.29, 0.717) is 12.1 Å². The minimum absolute atomic E-state index is 0.0272. The predicted molar refractivity (Wildman–Crippen MR) is 83.7 cm³/mol. The van der Waals surface area contributed by atoms with Crippen molar-refractivity contribution in [3.63, 3.8) is 0 Å². The molecule has 1 aliphatic heterocycles. The third kappa shape index (κ3) is 3.52. The second kappa shape index (κ2) is 6.81. The molecule has 1 saturated heterocycles. The first kappa shape index (κ1) is 15.5. The lowest BCUT2D eigenvalue weighted by Crippen LogP contribution is -2.41. The van der Waals surface area contributed by atoms with Gasteiger partial charge in [0.2, 0.25) is 5.91 Å². The van der Waals surface area contributed by atoms with Gasteiger partial charge < -0.3 is 14.2 Å². The minimum Gasteiger partial charge on any atom is -0.494 e. The zero-order valence-electron chi connectivity index (χ0n) is 13.1. The Labute approximate surface area is 134 Å². The van der Waals surface area contributed by atoms with Gasteiger partial charge in [-0.2, -0.15) is 0 Å². The van der Waals surface area contributed by atoms with Crippen LogP contribution in [-0.4, -0.2) is 40.6 Å². The van der Waals surface area contributed by atoms with Gasteiger partial charge in [-0.05, 0) is 30.5 Å². The van der Waals surface area contributed by atoms with Crippen molar-refractivity contribution in [2.45, 2.75) is 25.3 Å². The number of hydrogen-bond acceptors (Lipinski definition) is 3. The van der Waals surface area contributed by atoms with Crippen LogP contribution in [0, 0.1) is 5.82 Å². The molecule has 0 bridgehead atoms. The number of nitrogens with zero attached hydrogens (tertiary/aromatic N) is 3. The van der Waals surface area contributed by atoms with Crippen LogP contribution in [0.4, 0.5) is 4.39 Å². The lowest BCUT2D eigenvalue weighted by atomic mass is 10.0. The number of hydrogen-bond donors (Lipinski definition) is 0. The number of imidazole rings is 1. The molecule has 1 unspecified atom stereocenters. The highest BCUT2D eigenvalue weighted by atomic mass is 19.1. The summed E-state index contributed by atoms with van der Waals surface area (Å²) < 4.78 is 20.7. The number of ether oxygens (including phenoxy) is 1. The Morgan fingerprint density at radius 2 is 2.35 bits per heavy atom. The first-order valence-electron chi connectivity index (χ1n) is 7.75. The van der Waals surface area contributed by atoms with Crippen LogP contribution in [0.1, 0.15) is 24.4 Å². The number of likely N-dealkylation sites (tertiary alicyclic amines) is 1. The summed E-state index contributed by atoms with van der Waals surface area (Å²) in [5.41, 5.74) is 0.665. The number of rotatable bonds is 4. The molecule has 3 rings (SSSR count). The van der Waals surface area contributed by atoms with Crippen molar-refractivity contribution < 1.29 is 13.9 Å². The van der Waals surface area contributed by atoms with Gasteiger partial charge in [-0.25, -0.2) is 9.37 Å². The van der Waals surface area contributed by atoms with Crippen LogP contribution in [0.25, 0.3) is 0 Å². The van der Waals surface area contributed by atoms with E-state index in [1.165, 1.54) is 13.2 Å². The summed E-state index contributed by atoms with van der Waals surface area (Å²) in [7, 11) is 1.42. The maximum Gasteiger partial charge on any atom is 0.227 e. The fraction of sp³-hybridized carbons (Fsp3) is 0.412. The SMILES string of the molecule is COc1ccc(CC(=O)N2CCCC(n3ccnc3)C2)cc1F. The minimum atomic E-state index is -0.437. The van der Waals surface area contributed by atoms with E-state index < -0.39 is 5.82 Å². The molecule has 122 valence electrons. The second-order valence-corrected chi connectivity index (χ2v) is 5.79. The number of amides is 1. The fourth-order valence-corrected chi connectivity index (χ4v) is 3.02. The molecule has 0 N–H and O–H groups in total. The Morgan fingerprint density at radius 1 is 1.48 bits per heavy atom. The first-order chi connectivity index (χ1) is 11.2. The van der Waals surface area contributed by atoms with E-state index in [-0.39, 0.29) is 24.1 Å². The molecule has 2 heterocycles. The molecule has 0 spiro atoms. The molecule has 2 aromatic rings. The fourth-order valence-electron chi connectivity index (χ4n) is 3.02. The second-order valence-electron chi connectivity index (χ2n) is 5.79. The summed E-state index contributed by atoms with van der Waals surface area (Å²) in [5, 5.41) is 0. The molecule has 1 fully saturated rings. The van der Waals surface area contributed by atoms with Crippen LogP contribution < -0.4 is 4.74 Å². The van der Waals surface area contributed by atoms with Gasteiger partial charge in [-0.15, -0.1) is 0 Å². The van der Waals surface area contributed by atoms with Crippen molar-refractivity contribution in [3.8, 4) is 5.75 Å². The smallest absolute Gasteiger partial charge is 0.227 e. The number of benzene rings is 1. The summed E-state index contributed by atoms with van der Waals surface area (Å²) in [6, 6.07) is 4.93. The molecule has 5 nitrogen and oxygen atoms in total. The van der Waals surface area contributed by atoms with Gasteiger partial charge in [0.1, 0.15) is 0 Å². The third-order valence-corrected chi connectivity index (χ3v) is 4.27. The topological polar surface area (TPSA) is 47.4 Å². The number of methoxy groups -OCH3 is 1. The Balaban J connectivity index is 1.64. The maximum absolute atomic E-state index is 13.7. The lowest BCUT2D eigenvalue weighted by Gasteiger charge is -2.33. The third-order valence-electron chi connectivity index (χ3n) is 4.27. The van der Waals surface area contributed by atoms with E-state index in [4.69, 9.17) is 4.74 Å². The standard InChI is InChI=1S/C17H20FN3O2/c1-23-16-5-4-13(9-15(16)18)10-17(22)20-7-2-3-14(11-20)21-8-6-19-12-21/h4-6,8-9,12,14H,2-3,7,10-11H2,1H3. The van der Waals surface area contributed by atoms with Crippen molar-refractivity contribution in [2.75, 3.05) is 20.2 Å². The van der Waals surface area contributed by atoms with Gasteiger partial charge in [-0.3, -0.25) is 4.79 Å². The molecule has 0 aliphatic carbocycles. The average molecular weight is 317 g/mol. The molecule has 0 saturated carbocycles. The molecular weight excluding hydrogens is 297 g/mol. The predicted octanol–water partition coefficient (Wildman–Crippen LogP) is 2.44. The number of piperidine rings is 1. The highest BCUT2D eigenvalue weighted by Crippen LogP contribution is 2.23. The molecule has 1 aliphatic rings. The molecule has 1 amide bonds. The number of aromatic nitrogens is 2. The Kier molecular flexibility index (Phi) is 4.60. The lowest BCUT2D eigenvalue weighted by molar-refractivity contribution is -0.132. The van der Waals surface area contributed by atoms with E-state index in [2.05, 4.69) is 4.98 Å². The van der Waals surface area contributed by atoms with Crippen LogP contribution >= 0.6 is 0 Å². The molecule has 1 aromatic carbocycles. The highest BCUT2D eigenvalue weighted by Gasteiger charge is 2.24. The summed E-state index contributed by atoms with van der Waals surface area (Å²) in [5.74, 6) is -0.216.